The lowest BCUT2D eigenvalue weighted by Crippen LogP contribution is -2.38. The Hall–Kier alpha value is -4.78. The van der Waals surface area contributed by atoms with Crippen molar-refractivity contribution in [3.8, 4) is 17.3 Å². The molecular formula is C31H29N5O2. The summed E-state index contributed by atoms with van der Waals surface area (Å²) < 4.78 is 9.73. The summed E-state index contributed by atoms with van der Waals surface area (Å²) in [6, 6.07) is 31.2. The molecular weight excluding hydrogens is 474 g/mol. The largest absolute Gasteiger partial charge is 0.497 e. The number of nitrogens with one attached hydrogen (secondary N) is 1. The van der Waals surface area contributed by atoms with Crippen LogP contribution in [0.15, 0.2) is 103 Å². The van der Waals surface area contributed by atoms with E-state index in [4.69, 9.17) is 9.84 Å². The van der Waals surface area contributed by atoms with Crippen molar-refractivity contribution in [3.63, 3.8) is 0 Å². The van der Waals surface area contributed by atoms with Gasteiger partial charge in [0.15, 0.2) is 0 Å². The van der Waals surface area contributed by atoms with Crippen LogP contribution < -0.4 is 10.1 Å². The van der Waals surface area contributed by atoms with Crippen LogP contribution in [0.5, 0.6) is 5.75 Å². The second-order valence-corrected chi connectivity index (χ2v) is 9.26. The standard InChI is InChI=1S/C31H29N5O2/c1-3-27-26-21-35(31(37)32-23-13-6-4-7-14-23)29(22-12-10-17-25(20-22)38-2)28-18-11-19-34(28)30(26)36(33-27)24-15-8-5-9-16-24/h4-20,29H,3,21H2,1-2H3,(H,32,37). The van der Waals surface area contributed by atoms with Crippen molar-refractivity contribution in [3.05, 3.63) is 126 Å². The molecule has 1 aliphatic heterocycles. The molecule has 2 aromatic heterocycles. The molecule has 190 valence electrons. The van der Waals surface area contributed by atoms with E-state index in [1.165, 1.54) is 0 Å². The van der Waals surface area contributed by atoms with E-state index in [-0.39, 0.29) is 12.1 Å². The van der Waals surface area contributed by atoms with Crippen molar-refractivity contribution in [1.82, 2.24) is 19.2 Å². The van der Waals surface area contributed by atoms with Gasteiger partial charge in [-0.15, -0.1) is 0 Å². The van der Waals surface area contributed by atoms with E-state index in [9.17, 15) is 4.79 Å². The zero-order valence-corrected chi connectivity index (χ0v) is 21.4. The molecule has 1 unspecified atom stereocenters. The molecule has 1 aliphatic rings. The first-order valence-electron chi connectivity index (χ1n) is 12.8. The quantitative estimate of drug-likeness (QED) is 0.303. The van der Waals surface area contributed by atoms with Gasteiger partial charge in [0.1, 0.15) is 11.6 Å². The second kappa shape index (κ2) is 9.94. The third-order valence-corrected chi connectivity index (χ3v) is 7.00. The average Bonchev–Trinajstić information content (AvgIpc) is 3.55. The van der Waals surface area contributed by atoms with Gasteiger partial charge in [0.2, 0.25) is 0 Å². The van der Waals surface area contributed by atoms with Crippen LogP contribution in [0.1, 0.15) is 35.5 Å². The van der Waals surface area contributed by atoms with Crippen LogP contribution in [0, 0.1) is 0 Å². The molecule has 0 spiro atoms. The molecule has 7 nitrogen and oxygen atoms in total. The Balaban J connectivity index is 1.56. The molecule has 2 amide bonds. The summed E-state index contributed by atoms with van der Waals surface area (Å²) in [5.41, 5.74) is 5.66. The van der Waals surface area contributed by atoms with E-state index < -0.39 is 0 Å². The van der Waals surface area contributed by atoms with Gasteiger partial charge in [0, 0.05) is 17.4 Å². The Morgan fingerprint density at radius 3 is 2.47 bits per heavy atom. The number of aromatic nitrogens is 3. The first-order chi connectivity index (χ1) is 18.7. The van der Waals surface area contributed by atoms with Crippen molar-refractivity contribution in [2.75, 3.05) is 12.4 Å². The van der Waals surface area contributed by atoms with E-state index in [0.717, 1.165) is 51.9 Å². The number of para-hydroxylation sites is 2. The summed E-state index contributed by atoms with van der Waals surface area (Å²) in [6.45, 7) is 2.50. The van der Waals surface area contributed by atoms with Crippen molar-refractivity contribution >= 4 is 11.7 Å². The van der Waals surface area contributed by atoms with Crippen LogP contribution in [-0.4, -0.2) is 32.4 Å². The fraction of sp³-hybridized carbons (Fsp3) is 0.161. The van der Waals surface area contributed by atoms with E-state index >= 15 is 0 Å². The Bertz CT molecular complexity index is 1570. The third kappa shape index (κ3) is 4.12. The van der Waals surface area contributed by atoms with Gasteiger partial charge in [0.25, 0.3) is 0 Å². The van der Waals surface area contributed by atoms with Crippen molar-refractivity contribution in [2.45, 2.75) is 25.9 Å². The lowest BCUT2D eigenvalue weighted by molar-refractivity contribution is 0.194. The van der Waals surface area contributed by atoms with Gasteiger partial charge in [-0.2, -0.15) is 5.10 Å². The van der Waals surface area contributed by atoms with Crippen molar-refractivity contribution in [1.29, 1.82) is 0 Å². The maximum Gasteiger partial charge on any atom is 0.322 e. The molecule has 7 heteroatoms. The van der Waals surface area contributed by atoms with Crippen LogP contribution in [0.2, 0.25) is 0 Å². The van der Waals surface area contributed by atoms with Gasteiger partial charge in [-0.1, -0.05) is 55.5 Å². The Morgan fingerprint density at radius 2 is 1.74 bits per heavy atom. The van der Waals surface area contributed by atoms with Gasteiger partial charge in [-0.25, -0.2) is 9.48 Å². The summed E-state index contributed by atoms with van der Waals surface area (Å²) >= 11 is 0. The number of hydrogen-bond acceptors (Lipinski definition) is 3. The average molecular weight is 504 g/mol. The van der Waals surface area contributed by atoms with Gasteiger partial charge >= 0.3 is 6.03 Å². The number of aryl methyl sites for hydroxylation is 1. The highest BCUT2D eigenvalue weighted by molar-refractivity contribution is 5.90. The number of methoxy groups -OCH3 is 1. The normalized spacial score (nSPS) is 14.4. The number of carbonyl (C=O) groups is 1. The summed E-state index contributed by atoms with van der Waals surface area (Å²) in [5.74, 6) is 1.70. The number of hydrogen-bond donors (Lipinski definition) is 1. The molecule has 0 radical (unpaired) electrons. The zero-order valence-electron chi connectivity index (χ0n) is 21.4. The first-order valence-corrected chi connectivity index (χ1v) is 12.8. The fourth-order valence-corrected chi connectivity index (χ4v) is 5.23. The lowest BCUT2D eigenvalue weighted by Gasteiger charge is -2.31. The topological polar surface area (TPSA) is 64.3 Å². The van der Waals surface area contributed by atoms with E-state index in [1.807, 2.05) is 88.4 Å². The number of ether oxygens (including phenoxy) is 1. The second-order valence-electron chi connectivity index (χ2n) is 9.26. The Labute approximate surface area is 221 Å². The smallest absolute Gasteiger partial charge is 0.322 e. The van der Waals surface area contributed by atoms with Crippen LogP contribution >= 0.6 is 0 Å². The number of nitrogens with zero attached hydrogens (tertiary/aromatic N) is 4. The molecule has 1 atom stereocenters. The van der Waals surface area contributed by atoms with Crippen LogP contribution in [0.25, 0.3) is 11.5 Å². The zero-order chi connectivity index (χ0) is 26.1. The lowest BCUT2D eigenvalue weighted by atomic mass is 10.0. The molecule has 38 heavy (non-hydrogen) atoms. The van der Waals surface area contributed by atoms with Crippen LogP contribution in [-0.2, 0) is 13.0 Å². The number of anilines is 1. The van der Waals surface area contributed by atoms with Crippen molar-refractivity contribution < 1.29 is 9.53 Å². The van der Waals surface area contributed by atoms with Crippen LogP contribution in [0.4, 0.5) is 10.5 Å². The highest BCUT2D eigenvalue weighted by Gasteiger charge is 2.36. The maximum absolute atomic E-state index is 14.0. The maximum atomic E-state index is 14.0. The fourth-order valence-electron chi connectivity index (χ4n) is 5.23. The minimum Gasteiger partial charge on any atom is -0.497 e. The van der Waals surface area contributed by atoms with Gasteiger partial charge in [-0.3, -0.25) is 0 Å². The van der Waals surface area contributed by atoms with Gasteiger partial charge in [-0.05, 0) is 60.5 Å². The molecule has 5 aromatic rings. The Morgan fingerprint density at radius 1 is 0.974 bits per heavy atom. The molecule has 1 N–H and O–H groups in total. The summed E-state index contributed by atoms with van der Waals surface area (Å²) in [6.07, 6.45) is 2.80. The monoisotopic (exact) mass is 503 g/mol. The molecule has 3 aromatic carbocycles. The number of benzene rings is 3. The predicted octanol–water partition coefficient (Wildman–Crippen LogP) is 6.37. The first kappa shape index (κ1) is 23.6. The minimum atomic E-state index is -0.356. The number of fused-ring (bicyclic) bond motifs is 3. The molecule has 3 heterocycles. The van der Waals surface area contributed by atoms with E-state index in [0.29, 0.717) is 6.54 Å². The van der Waals surface area contributed by atoms with Gasteiger partial charge in [0.05, 0.1) is 36.8 Å². The Kier molecular flexibility index (Phi) is 6.17. The summed E-state index contributed by atoms with van der Waals surface area (Å²) in [7, 11) is 1.66. The highest BCUT2D eigenvalue weighted by Crippen LogP contribution is 2.39. The van der Waals surface area contributed by atoms with E-state index in [1.54, 1.807) is 7.11 Å². The van der Waals surface area contributed by atoms with Gasteiger partial charge < -0.3 is 19.5 Å². The van der Waals surface area contributed by atoms with Crippen molar-refractivity contribution in [2.24, 2.45) is 0 Å². The SMILES string of the molecule is CCc1nn(-c2ccccc2)c2c1CN(C(=O)Nc1ccccc1)C(c1cccc(OC)c1)c1cccn1-2. The molecule has 0 saturated heterocycles. The number of carbonyl (C=O) groups excluding carboxylic acids is 1. The summed E-state index contributed by atoms with van der Waals surface area (Å²) in [4.78, 5) is 15.9. The third-order valence-electron chi connectivity index (χ3n) is 7.00. The molecule has 0 fully saturated rings. The van der Waals surface area contributed by atoms with Crippen LogP contribution in [0.3, 0.4) is 0 Å². The number of rotatable bonds is 5. The highest BCUT2D eigenvalue weighted by atomic mass is 16.5. The molecule has 0 aliphatic carbocycles. The number of urea groups is 1. The predicted molar refractivity (Wildman–Crippen MR) is 148 cm³/mol. The summed E-state index contributed by atoms with van der Waals surface area (Å²) in [5, 5.41) is 8.14. The minimum absolute atomic E-state index is 0.181. The van der Waals surface area contributed by atoms with E-state index in [2.05, 4.69) is 41.2 Å². The molecule has 0 saturated carbocycles. The number of amides is 2. The molecule has 0 bridgehead atoms. The molecule has 6 rings (SSSR count).